The average Bonchev–Trinajstić information content (AvgIpc) is 2.64. The SMILES string of the molecule is O=C1NCCCC1N1Cc2ccccc2OC2(CCC2)C1. The van der Waals surface area contributed by atoms with Gasteiger partial charge in [0.05, 0.1) is 6.04 Å². The highest BCUT2D eigenvalue weighted by atomic mass is 16.5. The molecule has 4 nitrogen and oxygen atoms in total. The molecule has 4 rings (SSSR count). The number of nitrogens with zero attached hydrogens (tertiary/aromatic N) is 1. The third-order valence-electron chi connectivity index (χ3n) is 5.13. The maximum atomic E-state index is 12.2. The van der Waals surface area contributed by atoms with Gasteiger partial charge in [-0.2, -0.15) is 0 Å². The van der Waals surface area contributed by atoms with Gasteiger partial charge in [0.1, 0.15) is 11.4 Å². The minimum absolute atomic E-state index is 0.00554. The Bertz CT molecular complexity index is 553. The summed E-state index contributed by atoms with van der Waals surface area (Å²) in [5.41, 5.74) is 1.14. The molecule has 21 heavy (non-hydrogen) atoms. The maximum Gasteiger partial charge on any atom is 0.237 e. The Labute approximate surface area is 125 Å². The lowest BCUT2D eigenvalue weighted by Crippen LogP contribution is -2.57. The monoisotopic (exact) mass is 286 g/mol. The van der Waals surface area contributed by atoms with Gasteiger partial charge in [0, 0.05) is 25.2 Å². The lowest BCUT2D eigenvalue weighted by atomic mass is 9.79. The standard InChI is InChI=1S/C17H22N2O2/c20-16-14(6-3-10-18-16)19-11-13-5-1-2-7-15(13)21-17(12-19)8-4-9-17/h1-2,5,7,14H,3-4,6,8-12H2,(H,18,20). The van der Waals surface area contributed by atoms with Crippen LogP contribution < -0.4 is 10.1 Å². The van der Waals surface area contributed by atoms with E-state index in [1.54, 1.807) is 0 Å². The summed E-state index contributed by atoms with van der Waals surface area (Å²) in [6.45, 7) is 2.51. The predicted octanol–water partition coefficient (Wildman–Crippen LogP) is 2.08. The number of amides is 1. The van der Waals surface area contributed by atoms with Crippen molar-refractivity contribution in [3.63, 3.8) is 0 Å². The molecule has 2 aliphatic heterocycles. The number of carbonyl (C=O) groups excluding carboxylic acids is 1. The third kappa shape index (κ3) is 2.31. The van der Waals surface area contributed by atoms with Crippen molar-refractivity contribution < 1.29 is 9.53 Å². The fourth-order valence-corrected chi connectivity index (χ4v) is 3.80. The van der Waals surface area contributed by atoms with E-state index in [0.717, 1.165) is 51.1 Å². The molecule has 1 aromatic rings. The number of rotatable bonds is 1. The Morgan fingerprint density at radius 2 is 2.10 bits per heavy atom. The molecule has 0 bridgehead atoms. The molecule has 1 N–H and O–H groups in total. The zero-order chi connectivity index (χ0) is 14.3. The summed E-state index contributed by atoms with van der Waals surface area (Å²) >= 11 is 0. The average molecular weight is 286 g/mol. The van der Waals surface area contributed by atoms with Gasteiger partial charge < -0.3 is 10.1 Å². The van der Waals surface area contributed by atoms with E-state index in [1.807, 2.05) is 6.07 Å². The minimum Gasteiger partial charge on any atom is -0.486 e. The third-order valence-corrected chi connectivity index (χ3v) is 5.13. The molecule has 1 unspecified atom stereocenters. The smallest absolute Gasteiger partial charge is 0.237 e. The second-order valence-electron chi connectivity index (χ2n) is 6.60. The van der Waals surface area contributed by atoms with Gasteiger partial charge in [-0.25, -0.2) is 0 Å². The van der Waals surface area contributed by atoms with E-state index in [9.17, 15) is 4.79 Å². The number of benzene rings is 1. The second-order valence-corrected chi connectivity index (χ2v) is 6.60. The van der Waals surface area contributed by atoms with Crippen molar-refractivity contribution in [3.8, 4) is 5.75 Å². The highest BCUT2D eigenvalue weighted by Gasteiger charge is 2.45. The number of ether oxygens (including phenoxy) is 1. The Morgan fingerprint density at radius 3 is 2.86 bits per heavy atom. The predicted molar refractivity (Wildman–Crippen MR) is 80.1 cm³/mol. The Balaban J connectivity index is 1.66. The Kier molecular flexibility index (Phi) is 3.14. The van der Waals surface area contributed by atoms with Gasteiger partial charge in [0.2, 0.25) is 5.91 Å². The highest BCUT2D eigenvalue weighted by molar-refractivity contribution is 5.82. The van der Waals surface area contributed by atoms with Crippen LogP contribution in [0.5, 0.6) is 5.75 Å². The molecule has 2 fully saturated rings. The van der Waals surface area contributed by atoms with Crippen LogP contribution in [0.15, 0.2) is 24.3 Å². The first-order valence-corrected chi connectivity index (χ1v) is 8.05. The highest BCUT2D eigenvalue weighted by Crippen LogP contribution is 2.41. The fourth-order valence-electron chi connectivity index (χ4n) is 3.80. The lowest BCUT2D eigenvalue weighted by Gasteiger charge is -2.44. The van der Waals surface area contributed by atoms with Crippen LogP contribution in [0.1, 0.15) is 37.7 Å². The molecule has 0 aromatic heterocycles. The Hall–Kier alpha value is -1.55. The van der Waals surface area contributed by atoms with E-state index in [4.69, 9.17) is 4.74 Å². The maximum absolute atomic E-state index is 12.2. The molecular formula is C17H22N2O2. The van der Waals surface area contributed by atoms with E-state index in [-0.39, 0.29) is 17.6 Å². The van der Waals surface area contributed by atoms with Gasteiger partial charge >= 0.3 is 0 Å². The molecule has 4 heteroatoms. The van der Waals surface area contributed by atoms with Crippen LogP contribution in [0, 0.1) is 0 Å². The summed E-state index contributed by atoms with van der Waals surface area (Å²) in [5.74, 6) is 1.20. The van der Waals surface area contributed by atoms with Crippen LogP contribution >= 0.6 is 0 Å². The van der Waals surface area contributed by atoms with Crippen LogP contribution in [-0.2, 0) is 11.3 Å². The molecule has 3 aliphatic rings. The van der Waals surface area contributed by atoms with E-state index >= 15 is 0 Å². The summed E-state index contributed by atoms with van der Waals surface area (Å²) in [6, 6.07) is 8.29. The van der Waals surface area contributed by atoms with Crippen molar-refractivity contribution in [1.82, 2.24) is 10.2 Å². The van der Waals surface area contributed by atoms with E-state index in [0.29, 0.717) is 0 Å². The number of para-hydroxylation sites is 1. The van der Waals surface area contributed by atoms with Crippen molar-refractivity contribution in [1.29, 1.82) is 0 Å². The molecule has 1 saturated heterocycles. The van der Waals surface area contributed by atoms with Crippen molar-refractivity contribution in [2.45, 2.75) is 50.3 Å². The zero-order valence-corrected chi connectivity index (χ0v) is 12.3. The molecule has 2 heterocycles. The summed E-state index contributed by atoms with van der Waals surface area (Å²) < 4.78 is 6.36. The summed E-state index contributed by atoms with van der Waals surface area (Å²) in [6.07, 6.45) is 5.47. The van der Waals surface area contributed by atoms with Gasteiger partial charge in [0.15, 0.2) is 0 Å². The first kappa shape index (κ1) is 13.1. The van der Waals surface area contributed by atoms with Crippen molar-refractivity contribution in [2.75, 3.05) is 13.1 Å². The number of carbonyl (C=O) groups is 1. The lowest BCUT2D eigenvalue weighted by molar-refractivity contribution is -0.130. The second kappa shape index (κ2) is 5.02. The van der Waals surface area contributed by atoms with Gasteiger partial charge in [-0.15, -0.1) is 0 Å². The number of hydrogen-bond acceptors (Lipinski definition) is 3. The van der Waals surface area contributed by atoms with E-state index < -0.39 is 0 Å². The summed E-state index contributed by atoms with van der Waals surface area (Å²) in [4.78, 5) is 14.6. The molecule has 1 amide bonds. The van der Waals surface area contributed by atoms with Gasteiger partial charge in [-0.3, -0.25) is 9.69 Å². The number of nitrogens with one attached hydrogen (secondary N) is 1. The van der Waals surface area contributed by atoms with Crippen molar-refractivity contribution in [3.05, 3.63) is 29.8 Å². The molecule has 1 atom stereocenters. The number of hydrogen-bond donors (Lipinski definition) is 1. The van der Waals surface area contributed by atoms with Crippen LogP contribution in [0.25, 0.3) is 0 Å². The largest absolute Gasteiger partial charge is 0.486 e. The molecule has 1 aliphatic carbocycles. The normalized spacial score (nSPS) is 28.0. The molecule has 0 radical (unpaired) electrons. The summed E-state index contributed by atoms with van der Waals surface area (Å²) in [5, 5.41) is 3.02. The molecule has 1 spiro atoms. The quantitative estimate of drug-likeness (QED) is 0.859. The first-order valence-electron chi connectivity index (χ1n) is 8.05. The Morgan fingerprint density at radius 1 is 1.24 bits per heavy atom. The van der Waals surface area contributed by atoms with Gasteiger partial charge in [-0.1, -0.05) is 18.2 Å². The van der Waals surface area contributed by atoms with Crippen LogP contribution in [0.4, 0.5) is 0 Å². The van der Waals surface area contributed by atoms with Crippen molar-refractivity contribution in [2.24, 2.45) is 0 Å². The van der Waals surface area contributed by atoms with Crippen LogP contribution in [0.3, 0.4) is 0 Å². The molecule has 1 aromatic carbocycles. The van der Waals surface area contributed by atoms with E-state index in [1.165, 1.54) is 12.0 Å². The summed E-state index contributed by atoms with van der Waals surface area (Å²) in [7, 11) is 0. The van der Waals surface area contributed by atoms with Gasteiger partial charge in [0.25, 0.3) is 0 Å². The number of fused-ring (bicyclic) bond motifs is 1. The van der Waals surface area contributed by atoms with Crippen LogP contribution in [-0.4, -0.2) is 35.5 Å². The number of piperidine rings is 1. The molecular weight excluding hydrogens is 264 g/mol. The van der Waals surface area contributed by atoms with Crippen LogP contribution in [0.2, 0.25) is 0 Å². The van der Waals surface area contributed by atoms with Gasteiger partial charge in [-0.05, 0) is 38.2 Å². The topological polar surface area (TPSA) is 41.6 Å². The first-order chi connectivity index (χ1) is 10.3. The minimum atomic E-state index is -0.0651. The molecule has 112 valence electrons. The van der Waals surface area contributed by atoms with Crippen molar-refractivity contribution >= 4 is 5.91 Å². The zero-order valence-electron chi connectivity index (χ0n) is 12.3. The molecule has 1 saturated carbocycles. The fraction of sp³-hybridized carbons (Fsp3) is 0.588. The van der Waals surface area contributed by atoms with E-state index in [2.05, 4.69) is 28.4 Å².